The van der Waals surface area contributed by atoms with Gasteiger partial charge in [-0.2, -0.15) is 0 Å². The zero-order valence-corrected chi connectivity index (χ0v) is 12.6. The van der Waals surface area contributed by atoms with Gasteiger partial charge in [-0.15, -0.1) is 11.3 Å². The zero-order valence-electron chi connectivity index (χ0n) is 10.2. The van der Waals surface area contributed by atoms with Gasteiger partial charge in [0.25, 0.3) is 5.91 Å². The largest absolute Gasteiger partial charge is 0.375 e. The van der Waals surface area contributed by atoms with Crippen molar-refractivity contribution in [1.29, 1.82) is 0 Å². The highest BCUT2D eigenvalue weighted by molar-refractivity contribution is 9.10. The van der Waals surface area contributed by atoms with Crippen molar-refractivity contribution in [2.45, 2.75) is 12.0 Å². The lowest BCUT2D eigenvalue weighted by Crippen LogP contribution is -2.36. The highest BCUT2D eigenvalue weighted by Gasteiger charge is 2.46. The molecule has 0 saturated heterocycles. The quantitative estimate of drug-likeness (QED) is 0.835. The molecule has 1 aromatic carbocycles. The van der Waals surface area contributed by atoms with Crippen LogP contribution in [0.3, 0.4) is 0 Å². The number of carbonyl (C=O) groups excluding carboxylic acids is 2. The minimum atomic E-state index is -1.81. The van der Waals surface area contributed by atoms with E-state index in [0.717, 1.165) is 4.47 Å². The van der Waals surface area contributed by atoms with Gasteiger partial charge in [-0.25, -0.2) is 0 Å². The molecule has 1 aromatic heterocycles. The van der Waals surface area contributed by atoms with Crippen molar-refractivity contribution in [3.05, 3.63) is 50.6 Å². The zero-order chi connectivity index (χ0) is 14.3. The van der Waals surface area contributed by atoms with Crippen LogP contribution in [0.15, 0.2) is 40.2 Å². The summed E-state index contributed by atoms with van der Waals surface area (Å²) in [6.07, 6.45) is -0.261. The Kier molecular flexibility index (Phi) is 3.24. The Bertz CT molecular complexity index is 698. The number of carbonyl (C=O) groups is 2. The van der Waals surface area contributed by atoms with E-state index in [1.54, 1.807) is 35.7 Å². The number of ketones is 1. The molecule has 0 aliphatic carbocycles. The van der Waals surface area contributed by atoms with Crippen LogP contribution in [0.4, 0.5) is 5.69 Å². The van der Waals surface area contributed by atoms with Crippen LogP contribution < -0.4 is 5.32 Å². The summed E-state index contributed by atoms with van der Waals surface area (Å²) in [7, 11) is 0. The molecule has 0 bridgehead atoms. The first-order valence-electron chi connectivity index (χ1n) is 5.91. The summed E-state index contributed by atoms with van der Waals surface area (Å²) in [6, 6.07) is 8.58. The minimum Gasteiger partial charge on any atom is -0.375 e. The number of hydrogen-bond acceptors (Lipinski definition) is 4. The van der Waals surface area contributed by atoms with Crippen LogP contribution in [-0.4, -0.2) is 16.8 Å². The Balaban J connectivity index is 1.98. The Morgan fingerprint density at radius 3 is 2.90 bits per heavy atom. The van der Waals surface area contributed by atoms with Crippen molar-refractivity contribution in [1.82, 2.24) is 0 Å². The third-order valence-corrected chi connectivity index (χ3v) is 4.67. The maximum absolute atomic E-state index is 12.2. The van der Waals surface area contributed by atoms with Crippen molar-refractivity contribution in [3.63, 3.8) is 0 Å². The number of aliphatic hydroxyl groups is 1. The number of amides is 1. The molecule has 0 saturated carbocycles. The van der Waals surface area contributed by atoms with Crippen molar-refractivity contribution < 1.29 is 14.7 Å². The molecule has 0 fully saturated rings. The molecule has 3 rings (SSSR count). The van der Waals surface area contributed by atoms with Gasteiger partial charge in [-0.1, -0.05) is 22.0 Å². The monoisotopic (exact) mass is 351 g/mol. The smallest absolute Gasteiger partial charge is 0.261 e. The molecule has 102 valence electrons. The van der Waals surface area contributed by atoms with Gasteiger partial charge in [0, 0.05) is 15.7 Å². The molecule has 0 radical (unpaired) electrons. The molecule has 6 heteroatoms. The number of halogens is 1. The molecule has 1 aliphatic rings. The summed E-state index contributed by atoms with van der Waals surface area (Å²) in [5.41, 5.74) is -0.832. The van der Waals surface area contributed by atoms with Crippen molar-refractivity contribution in [2.75, 3.05) is 5.32 Å². The lowest BCUT2D eigenvalue weighted by Gasteiger charge is -2.19. The molecular formula is C14H10BrNO3S. The van der Waals surface area contributed by atoms with Crippen LogP contribution >= 0.6 is 27.3 Å². The fourth-order valence-corrected chi connectivity index (χ4v) is 3.27. The van der Waals surface area contributed by atoms with Crippen molar-refractivity contribution in [3.8, 4) is 0 Å². The van der Waals surface area contributed by atoms with Crippen LogP contribution in [0.25, 0.3) is 0 Å². The lowest BCUT2D eigenvalue weighted by molar-refractivity contribution is -0.133. The molecule has 1 atom stereocenters. The fraction of sp³-hybridized carbons (Fsp3) is 0.143. The second-order valence-corrected chi connectivity index (χ2v) is 6.44. The van der Waals surface area contributed by atoms with Gasteiger partial charge in [-0.3, -0.25) is 9.59 Å². The number of anilines is 1. The van der Waals surface area contributed by atoms with E-state index in [0.29, 0.717) is 16.1 Å². The summed E-state index contributed by atoms with van der Waals surface area (Å²) in [5, 5.41) is 15.1. The molecule has 20 heavy (non-hydrogen) atoms. The van der Waals surface area contributed by atoms with E-state index in [-0.39, 0.29) is 12.2 Å². The average molecular weight is 352 g/mol. The second-order valence-electron chi connectivity index (χ2n) is 4.58. The molecule has 0 unspecified atom stereocenters. The highest BCUT2D eigenvalue weighted by atomic mass is 79.9. The predicted molar refractivity (Wildman–Crippen MR) is 79.9 cm³/mol. The summed E-state index contributed by atoms with van der Waals surface area (Å²) >= 11 is 4.61. The molecule has 0 spiro atoms. The Labute approximate surface area is 127 Å². The van der Waals surface area contributed by atoms with Gasteiger partial charge in [0.15, 0.2) is 11.4 Å². The lowest BCUT2D eigenvalue weighted by atomic mass is 9.89. The van der Waals surface area contributed by atoms with Crippen LogP contribution in [0.5, 0.6) is 0 Å². The first-order chi connectivity index (χ1) is 9.50. The fourth-order valence-electron chi connectivity index (χ4n) is 2.25. The van der Waals surface area contributed by atoms with Gasteiger partial charge in [0.05, 0.1) is 11.3 Å². The number of nitrogens with one attached hydrogen (secondary N) is 1. The highest BCUT2D eigenvalue weighted by Crippen LogP contribution is 2.40. The third kappa shape index (κ3) is 2.09. The van der Waals surface area contributed by atoms with E-state index < -0.39 is 11.5 Å². The number of benzene rings is 1. The Hall–Kier alpha value is -1.50. The van der Waals surface area contributed by atoms with E-state index >= 15 is 0 Å². The number of hydrogen-bond donors (Lipinski definition) is 2. The maximum atomic E-state index is 12.2. The SMILES string of the molecule is O=C(C[C@]1(O)C(=O)Nc2ccc(Br)cc21)c1cccs1. The molecule has 1 aliphatic heterocycles. The van der Waals surface area contributed by atoms with Gasteiger partial charge in [0.2, 0.25) is 0 Å². The van der Waals surface area contributed by atoms with E-state index in [9.17, 15) is 14.7 Å². The second kappa shape index (κ2) is 4.80. The van der Waals surface area contributed by atoms with Crippen LogP contribution in [0.1, 0.15) is 21.7 Å². The van der Waals surface area contributed by atoms with E-state index in [4.69, 9.17) is 0 Å². The van der Waals surface area contributed by atoms with Gasteiger partial charge < -0.3 is 10.4 Å². The predicted octanol–water partition coefficient (Wildman–Crippen LogP) is 2.92. The van der Waals surface area contributed by atoms with Crippen molar-refractivity contribution >= 4 is 44.6 Å². The van der Waals surface area contributed by atoms with Crippen LogP contribution in [0, 0.1) is 0 Å². The molecule has 2 N–H and O–H groups in total. The van der Waals surface area contributed by atoms with E-state index in [1.165, 1.54) is 11.3 Å². The van der Waals surface area contributed by atoms with E-state index in [1.807, 2.05) is 0 Å². The Morgan fingerprint density at radius 1 is 1.40 bits per heavy atom. The first-order valence-corrected chi connectivity index (χ1v) is 7.58. The molecular weight excluding hydrogens is 342 g/mol. The standard InChI is InChI=1S/C14H10BrNO3S/c15-8-3-4-10-9(6-8)14(19,13(18)16-10)7-11(17)12-2-1-5-20-12/h1-6,19H,7H2,(H,16,18)/t14-/m1/s1. The molecule has 4 nitrogen and oxygen atoms in total. The average Bonchev–Trinajstić information content (AvgIpc) is 3.00. The normalized spacial score (nSPS) is 20.6. The maximum Gasteiger partial charge on any atom is 0.261 e. The number of fused-ring (bicyclic) bond motifs is 1. The first kappa shape index (κ1) is 13.5. The van der Waals surface area contributed by atoms with Crippen LogP contribution in [-0.2, 0) is 10.4 Å². The molecule has 2 heterocycles. The van der Waals surface area contributed by atoms with Crippen LogP contribution in [0.2, 0.25) is 0 Å². The summed E-state index contributed by atoms with van der Waals surface area (Å²) in [4.78, 5) is 24.7. The third-order valence-electron chi connectivity index (χ3n) is 3.26. The van der Waals surface area contributed by atoms with Gasteiger partial charge in [0.1, 0.15) is 0 Å². The Morgan fingerprint density at radius 2 is 2.20 bits per heavy atom. The van der Waals surface area contributed by atoms with Gasteiger partial charge >= 0.3 is 0 Å². The number of rotatable bonds is 3. The summed E-state index contributed by atoms with van der Waals surface area (Å²) < 4.78 is 0.745. The van der Waals surface area contributed by atoms with Gasteiger partial charge in [-0.05, 0) is 29.6 Å². The van der Waals surface area contributed by atoms with Crippen molar-refractivity contribution in [2.24, 2.45) is 0 Å². The topological polar surface area (TPSA) is 66.4 Å². The molecule has 1 amide bonds. The number of Topliss-reactive ketones (excluding diaryl/α,β-unsaturated/α-hetero) is 1. The molecule has 2 aromatic rings. The minimum absolute atomic E-state index is 0.245. The summed E-state index contributed by atoms with van der Waals surface area (Å²) in [6.45, 7) is 0. The summed E-state index contributed by atoms with van der Waals surface area (Å²) in [5.74, 6) is -0.805. The number of thiophene rings is 1. The van der Waals surface area contributed by atoms with E-state index in [2.05, 4.69) is 21.2 Å².